The third-order valence-electron chi connectivity index (χ3n) is 5.11. The van der Waals surface area contributed by atoms with E-state index in [1.807, 2.05) is 19.9 Å². The van der Waals surface area contributed by atoms with Crippen molar-refractivity contribution in [1.82, 2.24) is 14.9 Å². The Bertz CT molecular complexity index is 1100. The van der Waals surface area contributed by atoms with E-state index in [1.165, 1.54) is 0 Å². The van der Waals surface area contributed by atoms with Gasteiger partial charge in [-0.1, -0.05) is 19.0 Å². The number of nitrogens with zero attached hydrogens (tertiary/aromatic N) is 2. The van der Waals surface area contributed by atoms with Gasteiger partial charge in [0.2, 0.25) is 10.0 Å². The second-order valence-corrected chi connectivity index (χ2v) is 9.29. The van der Waals surface area contributed by atoms with Gasteiger partial charge in [-0.05, 0) is 55.5 Å². The third kappa shape index (κ3) is 2.81. The van der Waals surface area contributed by atoms with Crippen LogP contribution in [0.2, 0.25) is 0 Å². The molecule has 26 heavy (non-hydrogen) atoms. The molecule has 0 spiro atoms. The molecule has 0 bridgehead atoms. The van der Waals surface area contributed by atoms with Crippen LogP contribution >= 0.6 is 0 Å². The molecule has 1 N–H and O–H groups in total. The number of rotatable bonds is 4. The van der Waals surface area contributed by atoms with E-state index in [9.17, 15) is 8.42 Å². The van der Waals surface area contributed by atoms with Crippen LogP contribution in [0.3, 0.4) is 0 Å². The first-order valence-electron chi connectivity index (χ1n) is 8.53. The summed E-state index contributed by atoms with van der Waals surface area (Å²) in [6, 6.07) is 7.06. The number of benzene rings is 1. The van der Waals surface area contributed by atoms with Crippen molar-refractivity contribution in [2.45, 2.75) is 45.1 Å². The summed E-state index contributed by atoms with van der Waals surface area (Å²) in [7, 11) is -3.67. The Kier molecular flexibility index (Phi) is 3.71. The molecule has 0 saturated heterocycles. The van der Waals surface area contributed by atoms with E-state index in [4.69, 9.17) is 4.52 Å². The van der Waals surface area contributed by atoms with Gasteiger partial charge in [0.1, 0.15) is 5.76 Å². The van der Waals surface area contributed by atoms with Crippen LogP contribution in [0.25, 0.3) is 22.0 Å². The number of nitrogens with one attached hydrogen (secondary N) is 1. The maximum atomic E-state index is 13.1. The summed E-state index contributed by atoms with van der Waals surface area (Å²) in [5.74, 6) is 0.650. The second-order valence-electron chi connectivity index (χ2n) is 7.61. The highest BCUT2D eigenvalue weighted by molar-refractivity contribution is 7.89. The summed E-state index contributed by atoms with van der Waals surface area (Å²) >= 11 is 0. The van der Waals surface area contributed by atoms with Crippen molar-refractivity contribution >= 4 is 20.9 Å². The van der Waals surface area contributed by atoms with E-state index < -0.39 is 10.0 Å². The van der Waals surface area contributed by atoms with Gasteiger partial charge in [-0.2, -0.15) is 0 Å². The van der Waals surface area contributed by atoms with Crippen LogP contribution in [0, 0.1) is 19.3 Å². The van der Waals surface area contributed by atoms with Crippen LogP contribution in [0.4, 0.5) is 0 Å². The van der Waals surface area contributed by atoms with Gasteiger partial charge >= 0.3 is 0 Å². The van der Waals surface area contributed by atoms with E-state index in [2.05, 4.69) is 28.7 Å². The maximum absolute atomic E-state index is 13.1. The Morgan fingerprint density at radius 2 is 2.00 bits per heavy atom. The Hall–Kier alpha value is -2.25. The molecule has 2 aromatic heterocycles. The lowest BCUT2D eigenvalue weighted by Gasteiger charge is -2.12. The number of aromatic nitrogens is 2. The third-order valence-corrected chi connectivity index (χ3v) is 6.62. The normalized spacial score (nSPS) is 19.0. The zero-order valence-corrected chi connectivity index (χ0v) is 16.0. The zero-order valence-electron chi connectivity index (χ0n) is 15.2. The highest BCUT2D eigenvalue weighted by Crippen LogP contribution is 2.45. The summed E-state index contributed by atoms with van der Waals surface area (Å²) in [5.41, 5.74) is 2.89. The van der Waals surface area contributed by atoms with Crippen molar-refractivity contribution in [2.75, 3.05) is 0 Å². The Morgan fingerprint density at radius 3 is 2.62 bits per heavy atom. The molecule has 4 rings (SSSR count). The molecular formula is C19H21N3O3S. The van der Waals surface area contributed by atoms with Gasteiger partial charge in [0.05, 0.1) is 16.1 Å². The first-order valence-corrected chi connectivity index (χ1v) is 10.0. The highest BCUT2D eigenvalue weighted by Gasteiger charge is 2.48. The molecule has 1 atom stereocenters. The lowest BCUT2D eigenvalue weighted by Crippen LogP contribution is -2.28. The molecule has 7 heteroatoms. The highest BCUT2D eigenvalue weighted by atomic mass is 32.2. The monoisotopic (exact) mass is 371 g/mol. The number of hydrogen-bond donors (Lipinski definition) is 1. The van der Waals surface area contributed by atoms with Crippen LogP contribution in [-0.4, -0.2) is 24.6 Å². The van der Waals surface area contributed by atoms with Crippen LogP contribution < -0.4 is 4.72 Å². The lowest BCUT2D eigenvalue weighted by atomic mass is 10.0. The first kappa shape index (κ1) is 17.2. The van der Waals surface area contributed by atoms with Crippen LogP contribution in [0.5, 0.6) is 0 Å². The molecule has 1 saturated carbocycles. The lowest BCUT2D eigenvalue weighted by molar-refractivity contribution is 0.393. The van der Waals surface area contributed by atoms with Crippen molar-refractivity contribution in [1.29, 1.82) is 0 Å². The van der Waals surface area contributed by atoms with Crippen LogP contribution in [-0.2, 0) is 10.0 Å². The summed E-state index contributed by atoms with van der Waals surface area (Å²) in [4.78, 5) is 4.60. The summed E-state index contributed by atoms with van der Waals surface area (Å²) in [5, 5.41) is 4.59. The zero-order chi connectivity index (χ0) is 18.7. The smallest absolute Gasteiger partial charge is 0.241 e. The number of fused-ring (bicyclic) bond motifs is 1. The van der Waals surface area contributed by atoms with Crippen molar-refractivity contribution in [3.63, 3.8) is 0 Å². The molecule has 2 heterocycles. The average Bonchev–Trinajstić information content (AvgIpc) is 3.01. The van der Waals surface area contributed by atoms with Gasteiger partial charge in [-0.15, -0.1) is 0 Å². The maximum Gasteiger partial charge on any atom is 0.241 e. The van der Waals surface area contributed by atoms with Gasteiger partial charge in [-0.3, -0.25) is 4.98 Å². The van der Waals surface area contributed by atoms with E-state index in [1.54, 1.807) is 24.4 Å². The number of aryl methyl sites for hydroxylation is 2. The predicted octanol–water partition coefficient (Wildman–Crippen LogP) is 3.58. The Labute approximate surface area is 152 Å². The Balaban J connectivity index is 1.91. The largest absolute Gasteiger partial charge is 0.361 e. The van der Waals surface area contributed by atoms with Crippen molar-refractivity contribution in [3.05, 3.63) is 41.9 Å². The summed E-state index contributed by atoms with van der Waals surface area (Å²) in [6.07, 6.45) is 2.50. The van der Waals surface area contributed by atoms with Crippen LogP contribution in [0.15, 0.2) is 39.9 Å². The molecule has 1 fully saturated rings. The molecule has 0 radical (unpaired) electrons. The van der Waals surface area contributed by atoms with E-state index in [-0.39, 0.29) is 16.4 Å². The molecule has 6 nitrogen and oxygen atoms in total. The summed E-state index contributed by atoms with van der Waals surface area (Å²) < 4.78 is 34.3. The van der Waals surface area contributed by atoms with Gasteiger partial charge in [0.15, 0.2) is 0 Å². The van der Waals surface area contributed by atoms with Gasteiger partial charge in [-0.25, -0.2) is 13.1 Å². The molecule has 136 valence electrons. The molecule has 1 aromatic carbocycles. The van der Waals surface area contributed by atoms with E-state index in [0.29, 0.717) is 16.7 Å². The fourth-order valence-electron chi connectivity index (χ4n) is 3.33. The van der Waals surface area contributed by atoms with Crippen LogP contribution in [0.1, 0.15) is 31.7 Å². The minimum atomic E-state index is -3.67. The van der Waals surface area contributed by atoms with Gasteiger partial charge in [0.25, 0.3) is 0 Å². The standard InChI is InChI=1S/C19H21N3O3S/c1-11-18(12(2)25-21-11)13-8-15-14(6-5-7-20-15)16(9-13)26(23,24)22-17-10-19(17,3)4/h5-9,17,22H,10H2,1-4H3. The minimum Gasteiger partial charge on any atom is -0.361 e. The van der Waals surface area contributed by atoms with Crippen molar-refractivity contribution in [2.24, 2.45) is 5.41 Å². The SMILES string of the molecule is Cc1noc(C)c1-c1cc(S(=O)(=O)NC2CC2(C)C)c2cccnc2c1. The van der Waals surface area contributed by atoms with E-state index >= 15 is 0 Å². The number of hydrogen-bond acceptors (Lipinski definition) is 5. The minimum absolute atomic E-state index is 0.000385. The van der Waals surface area contributed by atoms with Crippen molar-refractivity contribution in [3.8, 4) is 11.1 Å². The Morgan fingerprint density at radius 1 is 1.27 bits per heavy atom. The average molecular weight is 371 g/mol. The first-order chi connectivity index (χ1) is 12.2. The molecule has 1 aliphatic carbocycles. The number of pyridine rings is 1. The fraction of sp³-hybridized carbons (Fsp3) is 0.368. The van der Waals surface area contributed by atoms with Crippen molar-refractivity contribution < 1.29 is 12.9 Å². The molecule has 1 unspecified atom stereocenters. The van der Waals surface area contributed by atoms with E-state index in [0.717, 1.165) is 23.2 Å². The van der Waals surface area contributed by atoms with Gasteiger partial charge in [0, 0.05) is 23.2 Å². The molecule has 3 aromatic rings. The second kappa shape index (κ2) is 5.62. The number of sulfonamides is 1. The topological polar surface area (TPSA) is 85.1 Å². The molecule has 0 amide bonds. The molecule has 1 aliphatic rings. The summed E-state index contributed by atoms with van der Waals surface area (Å²) in [6.45, 7) is 7.77. The fourth-order valence-corrected chi connectivity index (χ4v) is 4.98. The molecular weight excluding hydrogens is 350 g/mol. The predicted molar refractivity (Wildman–Crippen MR) is 99.2 cm³/mol. The van der Waals surface area contributed by atoms with Gasteiger partial charge < -0.3 is 4.52 Å². The quantitative estimate of drug-likeness (QED) is 0.758. The molecule has 0 aliphatic heterocycles.